The zero-order valence-electron chi connectivity index (χ0n) is 14.7. The minimum absolute atomic E-state index is 0.00529. The molecule has 0 radical (unpaired) electrons. The van der Waals surface area contributed by atoms with Gasteiger partial charge in [0.1, 0.15) is 5.60 Å². The summed E-state index contributed by atoms with van der Waals surface area (Å²) < 4.78 is 5.38. The van der Waals surface area contributed by atoms with Crippen LogP contribution in [0.4, 0.5) is 4.79 Å². The van der Waals surface area contributed by atoms with Crippen LogP contribution in [0.25, 0.3) is 0 Å². The fourth-order valence-corrected chi connectivity index (χ4v) is 3.74. The average molecular weight is 326 g/mol. The van der Waals surface area contributed by atoms with Crippen LogP contribution in [0.15, 0.2) is 0 Å². The van der Waals surface area contributed by atoms with Crippen molar-refractivity contribution in [2.75, 3.05) is 20.1 Å². The van der Waals surface area contributed by atoms with Gasteiger partial charge < -0.3 is 14.7 Å². The topological polar surface area (TPSA) is 70.1 Å². The highest BCUT2D eigenvalue weighted by Crippen LogP contribution is 2.30. The van der Waals surface area contributed by atoms with E-state index >= 15 is 0 Å². The molecule has 2 aliphatic rings. The summed E-state index contributed by atoms with van der Waals surface area (Å²) in [7, 11) is 2.04. The molecule has 0 bridgehead atoms. The number of hydrogen-bond donors (Lipinski definition) is 1. The molecule has 6 nitrogen and oxygen atoms in total. The number of ether oxygens (including phenoxy) is 1. The predicted molar refractivity (Wildman–Crippen MR) is 87.4 cm³/mol. The van der Waals surface area contributed by atoms with Gasteiger partial charge in [-0.25, -0.2) is 4.79 Å². The Morgan fingerprint density at radius 2 is 1.78 bits per heavy atom. The molecule has 0 aromatic heterocycles. The molecule has 132 valence electrons. The standard InChI is InChI=1S/C17H30N2O4/c1-17(2,3)23-16(22)19-10-9-14(13(11-19)15(20)21)18(4)12-7-5-6-8-12/h12-14H,5-11H2,1-4H3,(H,20,21)/t13-,14+/m0/s1. The van der Waals surface area contributed by atoms with Gasteiger partial charge in [-0.15, -0.1) is 0 Å². The Kier molecular flexibility index (Phi) is 5.55. The Morgan fingerprint density at radius 1 is 1.17 bits per heavy atom. The predicted octanol–water partition coefficient (Wildman–Crippen LogP) is 2.57. The molecule has 0 spiro atoms. The van der Waals surface area contributed by atoms with Gasteiger partial charge in [0.15, 0.2) is 0 Å². The maximum absolute atomic E-state index is 12.2. The van der Waals surface area contributed by atoms with Gasteiger partial charge in [-0.05, 0) is 47.1 Å². The number of hydrogen-bond acceptors (Lipinski definition) is 4. The molecule has 0 aromatic rings. The first-order valence-corrected chi connectivity index (χ1v) is 8.61. The van der Waals surface area contributed by atoms with Gasteiger partial charge >= 0.3 is 12.1 Å². The molecule has 2 fully saturated rings. The molecule has 1 saturated heterocycles. The number of carboxylic acid groups (broad SMARTS) is 1. The maximum Gasteiger partial charge on any atom is 0.410 e. The van der Waals surface area contributed by atoms with Crippen molar-refractivity contribution < 1.29 is 19.4 Å². The highest BCUT2D eigenvalue weighted by molar-refractivity contribution is 5.74. The van der Waals surface area contributed by atoms with E-state index in [1.54, 1.807) is 4.90 Å². The van der Waals surface area contributed by atoms with Gasteiger partial charge in [0.05, 0.1) is 5.92 Å². The van der Waals surface area contributed by atoms with Crippen molar-refractivity contribution >= 4 is 12.1 Å². The molecule has 1 saturated carbocycles. The number of piperidine rings is 1. The molecule has 1 aliphatic carbocycles. The van der Waals surface area contributed by atoms with Crippen LogP contribution in [0.5, 0.6) is 0 Å². The lowest BCUT2D eigenvalue weighted by Gasteiger charge is -2.43. The van der Waals surface area contributed by atoms with Gasteiger partial charge in [-0.3, -0.25) is 9.69 Å². The van der Waals surface area contributed by atoms with Gasteiger partial charge in [-0.1, -0.05) is 12.8 Å². The van der Waals surface area contributed by atoms with E-state index in [0.717, 1.165) is 12.8 Å². The van der Waals surface area contributed by atoms with Gasteiger partial charge in [0, 0.05) is 25.2 Å². The Balaban J connectivity index is 2.02. The number of aliphatic carboxylic acids is 1. The van der Waals surface area contributed by atoms with Crippen LogP contribution in [-0.2, 0) is 9.53 Å². The summed E-state index contributed by atoms with van der Waals surface area (Å²) in [5.74, 6) is -1.38. The molecule has 1 amide bonds. The molecule has 1 N–H and O–H groups in total. The Bertz CT molecular complexity index is 440. The highest BCUT2D eigenvalue weighted by Gasteiger charge is 2.41. The van der Waals surface area contributed by atoms with E-state index in [1.165, 1.54) is 12.8 Å². The van der Waals surface area contributed by atoms with Crippen molar-refractivity contribution in [3.8, 4) is 0 Å². The summed E-state index contributed by atoms with van der Waals surface area (Å²) in [5.41, 5.74) is -0.562. The second-order valence-corrected chi connectivity index (χ2v) is 7.83. The fraction of sp³-hybridized carbons (Fsp3) is 0.882. The summed E-state index contributed by atoms with van der Waals surface area (Å²) in [6.45, 7) is 6.24. The summed E-state index contributed by atoms with van der Waals surface area (Å²) >= 11 is 0. The zero-order chi connectivity index (χ0) is 17.2. The van der Waals surface area contributed by atoms with Crippen LogP contribution in [0.3, 0.4) is 0 Å². The minimum Gasteiger partial charge on any atom is -0.481 e. The first kappa shape index (κ1) is 18.0. The Hall–Kier alpha value is -1.30. The smallest absolute Gasteiger partial charge is 0.410 e. The minimum atomic E-state index is -0.826. The second kappa shape index (κ2) is 7.07. The average Bonchev–Trinajstić information content (AvgIpc) is 2.98. The molecule has 1 aliphatic heterocycles. The summed E-state index contributed by atoms with van der Waals surface area (Å²) in [5, 5.41) is 9.63. The lowest BCUT2D eigenvalue weighted by Crippen LogP contribution is -2.56. The van der Waals surface area contributed by atoms with E-state index in [2.05, 4.69) is 4.90 Å². The van der Waals surface area contributed by atoms with Crippen LogP contribution in [-0.4, -0.2) is 64.8 Å². The van der Waals surface area contributed by atoms with E-state index in [-0.39, 0.29) is 12.6 Å². The largest absolute Gasteiger partial charge is 0.481 e. The summed E-state index contributed by atoms with van der Waals surface area (Å²) in [6, 6.07) is 0.476. The summed E-state index contributed by atoms with van der Waals surface area (Å²) in [4.78, 5) is 27.7. The van der Waals surface area contributed by atoms with Crippen LogP contribution < -0.4 is 0 Å². The van der Waals surface area contributed by atoms with Gasteiger partial charge in [0.2, 0.25) is 0 Å². The van der Waals surface area contributed by atoms with E-state index < -0.39 is 23.6 Å². The van der Waals surface area contributed by atoms with Crippen LogP contribution in [0.1, 0.15) is 52.9 Å². The SMILES string of the molecule is CN(C1CCCC1)[C@@H]1CCN(C(=O)OC(C)(C)C)C[C@@H]1C(=O)O. The Morgan fingerprint density at radius 3 is 2.30 bits per heavy atom. The number of carboxylic acids is 1. The van der Waals surface area contributed by atoms with Crippen molar-refractivity contribution in [2.24, 2.45) is 5.92 Å². The number of likely N-dealkylation sites (tertiary alicyclic amines) is 1. The van der Waals surface area contributed by atoms with Gasteiger partial charge in [0.25, 0.3) is 0 Å². The highest BCUT2D eigenvalue weighted by atomic mass is 16.6. The number of nitrogens with zero attached hydrogens (tertiary/aromatic N) is 2. The van der Waals surface area contributed by atoms with Gasteiger partial charge in [-0.2, -0.15) is 0 Å². The monoisotopic (exact) mass is 326 g/mol. The quantitative estimate of drug-likeness (QED) is 0.863. The third-order valence-electron chi connectivity index (χ3n) is 4.97. The molecule has 23 heavy (non-hydrogen) atoms. The van der Waals surface area contributed by atoms with Crippen molar-refractivity contribution in [1.82, 2.24) is 9.80 Å². The Labute approximate surface area is 138 Å². The first-order valence-electron chi connectivity index (χ1n) is 8.61. The third kappa shape index (κ3) is 4.59. The molecular formula is C17H30N2O4. The van der Waals surface area contributed by atoms with E-state index in [4.69, 9.17) is 4.74 Å². The van der Waals surface area contributed by atoms with Crippen molar-refractivity contribution in [3.05, 3.63) is 0 Å². The second-order valence-electron chi connectivity index (χ2n) is 7.83. The molecule has 1 heterocycles. The zero-order valence-corrected chi connectivity index (χ0v) is 14.7. The number of rotatable bonds is 3. The van der Waals surface area contributed by atoms with Crippen LogP contribution >= 0.6 is 0 Å². The lowest BCUT2D eigenvalue weighted by atomic mass is 9.90. The van der Waals surface area contributed by atoms with E-state index in [0.29, 0.717) is 19.0 Å². The summed E-state index contributed by atoms with van der Waals surface area (Å²) in [6.07, 6.45) is 5.02. The lowest BCUT2D eigenvalue weighted by molar-refractivity contribution is -0.146. The molecule has 0 aromatic carbocycles. The maximum atomic E-state index is 12.2. The molecule has 0 unspecified atom stereocenters. The van der Waals surface area contributed by atoms with Crippen LogP contribution in [0.2, 0.25) is 0 Å². The number of amides is 1. The van der Waals surface area contributed by atoms with E-state index in [9.17, 15) is 14.7 Å². The molecule has 2 rings (SSSR count). The normalized spacial score (nSPS) is 26.6. The van der Waals surface area contributed by atoms with Crippen molar-refractivity contribution in [2.45, 2.75) is 70.6 Å². The molecule has 2 atom stereocenters. The molecule has 6 heteroatoms. The number of carbonyl (C=O) groups excluding carboxylic acids is 1. The van der Waals surface area contributed by atoms with E-state index in [1.807, 2.05) is 27.8 Å². The first-order chi connectivity index (χ1) is 10.7. The number of carbonyl (C=O) groups is 2. The molecular weight excluding hydrogens is 296 g/mol. The van der Waals surface area contributed by atoms with Crippen molar-refractivity contribution in [3.63, 3.8) is 0 Å². The fourth-order valence-electron chi connectivity index (χ4n) is 3.74. The van der Waals surface area contributed by atoms with Crippen molar-refractivity contribution in [1.29, 1.82) is 0 Å². The van der Waals surface area contributed by atoms with Crippen LogP contribution in [0, 0.1) is 5.92 Å². The third-order valence-corrected chi connectivity index (χ3v) is 4.97.